The molecule has 3 heterocycles. The van der Waals surface area contributed by atoms with Crippen molar-refractivity contribution < 1.29 is 19.5 Å². The first kappa shape index (κ1) is 20.3. The van der Waals surface area contributed by atoms with E-state index in [1.54, 1.807) is 27.7 Å². The van der Waals surface area contributed by atoms with Gasteiger partial charge in [-0.15, -0.1) is 0 Å². The van der Waals surface area contributed by atoms with Gasteiger partial charge in [0.1, 0.15) is 5.54 Å². The quantitative estimate of drug-likeness (QED) is 0.742. The molecule has 2 fully saturated rings. The number of likely N-dealkylation sites (tertiary alicyclic amines) is 1. The Balaban J connectivity index is 1.81. The Bertz CT molecular complexity index is 779. The van der Waals surface area contributed by atoms with Gasteiger partial charge < -0.3 is 14.9 Å². The number of hydrogen-bond donors (Lipinski definition) is 1. The highest BCUT2D eigenvalue weighted by molar-refractivity contribution is 6.07. The molecule has 0 saturated carbocycles. The molecule has 0 aromatic carbocycles. The summed E-state index contributed by atoms with van der Waals surface area (Å²) in [6, 6.07) is -0.337. The van der Waals surface area contributed by atoms with Crippen LogP contribution in [-0.2, 0) is 11.8 Å². The van der Waals surface area contributed by atoms with E-state index in [2.05, 4.69) is 5.10 Å². The molecule has 1 aromatic heterocycles. The zero-order valence-corrected chi connectivity index (χ0v) is 17.0. The number of rotatable bonds is 5. The van der Waals surface area contributed by atoms with E-state index in [0.29, 0.717) is 38.0 Å². The number of urea groups is 1. The van der Waals surface area contributed by atoms with E-state index in [-0.39, 0.29) is 36.9 Å². The van der Waals surface area contributed by atoms with Gasteiger partial charge in [0.15, 0.2) is 0 Å². The molecular formula is C19H29N5O4. The number of aliphatic hydroxyl groups excluding tert-OH is 1. The lowest BCUT2D eigenvalue weighted by molar-refractivity contribution is -0.135. The van der Waals surface area contributed by atoms with Crippen LogP contribution in [0.2, 0.25) is 0 Å². The fourth-order valence-electron chi connectivity index (χ4n) is 4.14. The summed E-state index contributed by atoms with van der Waals surface area (Å²) in [7, 11) is 1.79. The van der Waals surface area contributed by atoms with Gasteiger partial charge in [0, 0.05) is 32.4 Å². The van der Waals surface area contributed by atoms with Gasteiger partial charge in [-0.1, -0.05) is 13.8 Å². The van der Waals surface area contributed by atoms with Crippen LogP contribution in [0.5, 0.6) is 0 Å². The van der Waals surface area contributed by atoms with E-state index in [4.69, 9.17) is 0 Å². The minimum absolute atomic E-state index is 0.00549. The standard InChI is InChI=1S/C19H29N5O4/c1-13(2)12-24-18(28)23(9-10-25)17(27)19(24)5-7-22(8-6-19)16(26)15-11-20-21(4)14(15)3/h11,13,25H,5-10,12H2,1-4H3. The summed E-state index contributed by atoms with van der Waals surface area (Å²) in [6.45, 7) is 6.87. The second kappa shape index (κ2) is 7.54. The Morgan fingerprint density at radius 3 is 2.43 bits per heavy atom. The van der Waals surface area contributed by atoms with Crippen molar-refractivity contribution in [3.05, 3.63) is 17.5 Å². The molecule has 0 bridgehead atoms. The van der Waals surface area contributed by atoms with Gasteiger partial charge in [-0.2, -0.15) is 5.10 Å². The van der Waals surface area contributed by atoms with Crippen LogP contribution in [0.3, 0.4) is 0 Å². The lowest BCUT2D eigenvalue weighted by Crippen LogP contribution is -2.58. The molecular weight excluding hydrogens is 362 g/mol. The highest BCUT2D eigenvalue weighted by Gasteiger charge is 2.58. The van der Waals surface area contributed by atoms with Crippen LogP contribution in [0.15, 0.2) is 6.20 Å². The minimum atomic E-state index is -0.919. The summed E-state index contributed by atoms with van der Waals surface area (Å²) < 4.78 is 1.66. The van der Waals surface area contributed by atoms with Crippen molar-refractivity contribution >= 4 is 17.8 Å². The van der Waals surface area contributed by atoms with E-state index in [0.717, 1.165) is 10.6 Å². The molecule has 0 unspecified atom stereocenters. The molecule has 4 amide bonds. The summed E-state index contributed by atoms with van der Waals surface area (Å²) in [5.41, 5.74) is 0.443. The molecule has 2 aliphatic heterocycles. The van der Waals surface area contributed by atoms with Crippen molar-refractivity contribution in [1.29, 1.82) is 0 Å². The monoisotopic (exact) mass is 391 g/mol. The van der Waals surface area contributed by atoms with Crippen molar-refractivity contribution in [2.24, 2.45) is 13.0 Å². The molecule has 9 heteroatoms. The van der Waals surface area contributed by atoms with Crippen LogP contribution in [0.4, 0.5) is 4.79 Å². The lowest BCUT2D eigenvalue weighted by atomic mass is 9.85. The molecule has 154 valence electrons. The maximum absolute atomic E-state index is 13.1. The Kier molecular flexibility index (Phi) is 5.47. The molecule has 3 rings (SSSR count). The van der Waals surface area contributed by atoms with Crippen molar-refractivity contribution in [2.45, 2.75) is 39.2 Å². The predicted molar refractivity (Wildman–Crippen MR) is 102 cm³/mol. The number of carbonyl (C=O) groups is 3. The van der Waals surface area contributed by atoms with Gasteiger partial charge in [-0.25, -0.2) is 4.79 Å². The Labute approximate surface area is 164 Å². The summed E-state index contributed by atoms with van der Waals surface area (Å²) in [4.78, 5) is 43.4. The van der Waals surface area contributed by atoms with E-state index in [1.807, 2.05) is 20.8 Å². The van der Waals surface area contributed by atoms with Crippen LogP contribution in [0.25, 0.3) is 0 Å². The number of imide groups is 1. The molecule has 0 radical (unpaired) electrons. The van der Waals surface area contributed by atoms with E-state index >= 15 is 0 Å². The summed E-state index contributed by atoms with van der Waals surface area (Å²) in [6.07, 6.45) is 2.37. The van der Waals surface area contributed by atoms with Gasteiger partial charge in [-0.3, -0.25) is 19.2 Å². The van der Waals surface area contributed by atoms with E-state index in [9.17, 15) is 19.5 Å². The fourth-order valence-corrected chi connectivity index (χ4v) is 4.14. The third-order valence-corrected chi connectivity index (χ3v) is 5.84. The first-order valence-corrected chi connectivity index (χ1v) is 9.75. The molecule has 1 N–H and O–H groups in total. The molecule has 0 aliphatic carbocycles. The van der Waals surface area contributed by atoms with Crippen molar-refractivity contribution in [1.82, 2.24) is 24.5 Å². The van der Waals surface area contributed by atoms with Gasteiger partial charge in [0.2, 0.25) is 0 Å². The van der Waals surface area contributed by atoms with Gasteiger partial charge >= 0.3 is 6.03 Å². The first-order valence-electron chi connectivity index (χ1n) is 9.75. The molecule has 1 aromatic rings. The van der Waals surface area contributed by atoms with E-state index in [1.165, 1.54) is 0 Å². The van der Waals surface area contributed by atoms with Crippen LogP contribution < -0.4 is 0 Å². The van der Waals surface area contributed by atoms with Crippen molar-refractivity contribution in [3.8, 4) is 0 Å². The van der Waals surface area contributed by atoms with Crippen LogP contribution in [-0.4, -0.2) is 85.8 Å². The topological polar surface area (TPSA) is 99.0 Å². The van der Waals surface area contributed by atoms with Crippen molar-refractivity contribution in [3.63, 3.8) is 0 Å². The SMILES string of the molecule is Cc1c(C(=O)N2CCC3(CC2)C(=O)N(CCO)C(=O)N3CC(C)C)cnn1C. The van der Waals surface area contributed by atoms with Gasteiger partial charge in [0.05, 0.1) is 24.9 Å². The van der Waals surface area contributed by atoms with Gasteiger partial charge in [0.25, 0.3) is 11.8 Å². The Morgan fingerprint density at radius 1 is 1.29 bits per heavy atom. The second-order valence-corrected chi connectivity index (χ2v) is 8.06. The number of aryl methyl sites for hydroxylation is 1. The summed E-state index contributed by atoms with van der Waals surface area (Å²) >= 11 is 0. The predicted octanol–water partition coefficient (Wildman–Crippen LogP) is 0.616. The number of nitrogens with zero attached hydrogens (tertiary/aromatic N) is 5. The number of β-amino-alcohol motifs (C(OH)–C–C–N with tert-alkyl or cyclic N) is 1. The molecule has 2 aliphatic rings. The maximum atomic E-state index is 13.1. The zero-order valence-electron chi connectivity index (χ0n) is 17.0. The third kappa shape index (κ3) is 3.17. The minimum Gasteiger partial charge on any atom is -0.395 e. The number of amides is 4. The number of piperidine rings is 1. The van der Waals surface area contributed by atoms with Crippen LogP contribution >= 0.6 is 0 Å². The van der Waals surface area contributed by atoms with Gasteiger partial charge in [-0.05, 0) is 25.7 Å². The first-order chi connectivity index (χ1) is 13.2. The average molecular weight is 391 g/mol. The summed E-state index contributed by atoms with van der Waals surface area (Å²) in [5.74, 6) is -0.142. The number of aliphatic hydroxyl groups is 1. The molecule has 28 heavy (non-hydrogen) atoms. The second-order valence-electron chi connectivity index (χ2n) is 8.06. The molecule has 2 saturated heterocycles. The van der Waals surface area contributed by atoms with Crippen molar-refractivity contribution in [2.75, 3.05) is 32.8 Å². The highest BCUT2D eigenvalue weighted by atomic mass is 16.3. The van der Waals surface area contributed by atoms with Crippen LogP contribution in [0.1, 0.15) is 42.7 Å². The molecule has 1 spiro atoms. The van der Waals surface area contributed by atoms with Crippen LogP contribution in [0, 0.1) is 12.8 Å². The maximum Gasteiger partial charge on any atom is 0.327 e. The normalized spacial score (nSPS) is 19.4. The largest absolute Gasteiger partial charge is 0.395 e. The zero-order chi connectivity index (χ0) is 20.6. The average Bonchev–Trinajstić information content (AvgIpc) is 3.08. The van der Waals surface area contributed by atoms with E-state index < -0.39 is 5.54 Å². The molecule has 9 nitrogen and oxygen atoms in total. The highest BCUT2D eigenvalue weighted by Crippen LogP contribution is 2.38. The Morgan fingerprint density at radius 2 is 1.93 bits per heavy atom. The smallest absolute Gasteiger partial charge is 0.327 e. The lowest BCUT2D eigenvalue weighted by Gasteiger charge is -2.42. The summed E-state index contributed by atoms with van der Waals surface area (Å²) in [5, 5.41) is 13.4. The number of hydrogen-bond acceptors (Lipinski definition) is 5. The fraction of sp³-hybridized carbons (Fsp3) is 0.684. The number of aromatic nitrogens is 2. The molecule has 0 atom stereocenters. The number of carbonyl (C=O) groups excluding carboxylic acids is 3. The third-order valence-electron chi connectivity index (χ3n) is 5.84. The Hall–Kier alpha value is -2.42.